The number of hydrogen-bond donors (Lipinski definition) is 3. The normalized spacial score (nSPS) is 51.4. The molecule has 0 aromatic rings. The van der Waals surface area contributed by atoms with Crippen LogP contribution in [0.25, 0.3) is 0 Å². The lowest BCUT2D eigenvalue weighted by Gasteiger charge is -2.63. The minimum absolute atomic E-state index is 0.0617. The average Bonchev–Trinajstić information content (AvgIpc) is 3.44. The van der Waals surface area contributed by atoms with Gasteiger partial charge in [-0.1, -0.05) is 34.6 Å². The molecule has 1 heterocycles. The zero-order valence-electron chi connectivity index (χ0n) is 24.8. The Bertz CT molecular complexity index is 1070. The number of rotatable bonds is 3. The summed E-state index contributed by atoms with van der Waals surface area (Å²) in [7, 11) is 0. The molecule has 6 aliphatic rings. The van der Waals surface area contributed by atoms with Gasteiger partial charge in [-0.05, 0) is 105 Å². The van der Waals surface area contributed by atoms with Crippen molar-refractivity contribution in [1.82, 2.24) is 0 Å². The Morgan fingerprint density at radius 1 is 1.03 bits per heavy atom. The van der Waals surface area contributed by atoms with E-state index in [4.69, 9.17) is 9.47 Å². The Morgan fingerprint density at radius 3 is 2.29 bits per heavy atom. The van der Waals surface area contributed by atoms with Gasteiger partial charge in [-0.3, -0.25) is 4.79 Å². The Morgan fingerprint density at radius 2 is 1.66 bits per heavy atom. The predicted octanol–water partition coefficient (Wildman–Crippen LogP) is 5.13. The minimum Gasteiger partial charge on any atom is -0.488 e. The molecule has 0 bridgehead atoms. The molecule has 4 saturated carbocycles. The van der Waals surface area contributed by atoms with E-state index in [2.05, 4.69) is 34.6 Å². The van der Waals surface area contributed by atoms with E-state index >= 15 is 0 Å². The summed E-state index contributed by atoms with van der Waals surface area (Å²) < 4.78 is 12.3. The van der Waals surface area contributed by atoms with Gasteiger partial charge in [0, 0.05) is 17.8 Å². The van der Waals surface area contributed by atoms with Gasteiger partial charge < -0.3 is 24.8 Å². The molecule has 6 heteroatoms. The van der Waals surface area contributed by atoms with E-state index in [0.717, 1.165) is 32.1 Å². The number of aliphatic hydroxyl groups excluding tert-OH is 2. The van der Waals surface area contributed by atoms with E-state index in [1.807, 2.05) is 0 Å². The van der Waals surface area contributed by atoms with Crippen molar-refractivity contribution < 1.29 is 29.6 Å². The molecule has 0 saturated heterocycles. The fourth-order valence-electron chi connectivity index (χ4n) is 11.7. The molecule has 214 valence electrons. The number of allylic oxidation sites excluding steroid dienone is 1. The summed E-state index contributed by atoms with van der Waals surface area (Å²) in [5.74, 6) is 1.36. The summed E-state index contributed by atoms with van der Waals surface area (Å²) in [6.07, 6.45) is 6.06. The SMILES string of the molecule is CC(=O)O[C@H]([C@H]1C[C@@H](C)C2=C(O1)[C@H](O)[C@@]1(C)[C@@H]3CC[C@H]4C(C)(C)[C@@H](O)CC[C@@]45CC35CC[C@]21C)C(C)(C)O. The maximum atomic E-state index is 12.3. The van der Waals surface area contributed by atoms with Gasteiger partial charge in [0.2, 0.25) is 0 Å². The molecule has 11 atom stereocenters. The third-order valence-electron chi connectivity index (χ3n) is 13.5. The van der Waals surface area contributed by atoms with Gasteiger partial charge in [0.1, 0.15) is 18.0 Å². The summed E-state index contributed by atoms with van der Waals surface area (Å²) in [4.78, 5) is 11.9. The lowest BCUT2D eigenvalue weighted by atomic mass is 9.41. The molecular formula is C32H50O6. The molecule has 0 aromatic heterocycles. The van der Waals surface area contributed by atoms with Crippen LogP contribution in [0.15, 0.2) is 11.3 Å². The van der Waals surface area contributed by atoms with Crippen LogP contribution in [0.5, 0.6) is 0 Å². The smallest absolute Gasteiger partial charge is 0.303 e. The Balaban J connectivity index is 1.36. The van der Waals surface area contributed by atoms with E-state index < -0.39 is 29.9 Å². The molecule has 0 radical (unpaired) electrons. The molecular weight excluding hydrogens is 480 g/mol. The summed E-state index contributed by atoms with van der Waals surface area (Å²) >= 11 is 0. The summed E-state index contributed by atoms with van der Waals surface area (Å²) in [5.41, 5.74) is -0.0251. The number of carbonyl (C=O) groups is 1. The van der Waals surface area contributed by atoms with Gasteiger partial charge >= 0.3 is 5.97 Å². The molecule has 1 aliphatic heterocycles. The molecule has 6 nitrogen and oxygen atoms in total. The van der Waals surface area contributed by atoms with Gasteiger partial charge in [-0.15, -0.1) is 0 Å². The Kier molecular flexibility index (Phi) is 5.55. The van der Waals surface area contributed by atoms with Crippen molar-refractivity contribution in [1.29, 1.82) is 0 Å². The maximum absolute atomic E-state index is 12.3. The monoisotopic (exact) mass is 530 g/mol. The summed E-state index contributed by atoms with van der Waals surface area (Å²) in [6.45, 7) is 16.2. The van der Waals surface area contributed by atoms with Gasteiger partial charge in [0.25, 0.3) is 0 Å². The van der Waals surface area contributed by atoms with Gasteiger partial charge in [-0.25, -0.2) is 0 Å². The summed E-state index contributed by atoms with van der Waals surface area (Å²) in [6, 6.07) is 0. The molecule has 5 aliphatic carbocycles. The zero-order valence-corrected chi connectivity index (χ0v) is 24.8. The third-order valence-corrected chi connectivity index (χ3v) is 13.5. The maximum Gasteiger partial charge on any atom is 0.303 e. The molecule has 2 spiro atoms. The number of aliphatic hydroxyl groups is 3. The first-order chi connectivity index (χ1) is 17.5. The van der Waals surface area contributed by atoms with Crippen molar-refractivity contribution in [3.05, 3.63) is 11.3 Å². The first-order valence-electron chi connectivity index (χ1n) is 15.1. The van der Waals surface area contributed by atoms with E-state index in [9.17, 15) is 20.1 Å². The van der Waals surface area contributed by atoms with Crippen LogP contribution in [-0.4, -0.2) is 51.3 Å². The highest BCUT2D eigenvalue weighted by atomic mass is 16.6. The Hall–Kier alpha value is -1.11. The fraction of sp³-hybridized carbons (Fsp3) is 0.906. The molecule has 38 heavy (non-hydrogen) atoms. The van der Waals surface area contributed by atoms with Gasteiger partial charge in [-0.2, -0.15) is 0 Å². The molecule has 0 aromatic carbocycles. The summed E-state index contributed by atoms with van der Waals surface area (Å²) in [5, 5.41) is 34.1. The van der Waals surface area contributed by atoms with Crippen LogP contribution < -0.4 is 0 Å². The second-order valence-electron chi connectivity index (χ2n) is 15.8. The van der Waals surface area contributed by atoms with Crippen molar-refractivity contribution in [2.24, 2.45) is 44.8 Å². The topological polar surface area (TPSA) is 96.2 Å². The molecule has 3 N–H and O–H groups in total. The second-order valence-corrected chi connectivity index (χ2v) is 15.8. The Labute approximate surface area is 228 Å². The fourth-order valence-corrected chi connectivity index (χ4v) is 11.7. The van der Waals surface area contributed by atoms with Crippen LogP contribution in [0.3, 0.4) is 0 Å². The first kappa shape index (κ1) is 27.1. The number of esters is 1. The number of fused-ring (bicyclic) bond motifs is 3. The molecule has 6 rings (SSSR count). The first-order valence-corrected chi connectivity index (χ1v) is 15.1. The molecule has 4 fully saturated rings. The van der Waals surface area contributed by atoms with Crippen LogP contribution in [0, 0.1) is 44.8 Å². The lowest BCUT2D eigenvalue weighted by molar-refractivity contribution is -0.184. The van der Waals surface area contributed by atoms with Crippen LogP contribution in [0.2, 0.25) is 0 Å². The number of carbonyl (C=O) groups excluding carboxylic acids is 1. The third kappa shape index (κ3) is 3.04. The average molecular weight is 531 g/mol. The number of hydrogen-bond acceptors (Lipinski definition) is 6. The van der Waals surface area contributed by atoms with E-state index in [1.54, 1.807) is 13.8 Å². The van der Waals surface area contributed by atoms with E-state index in [0.29, 0.717) is 29.4 Å². The predicted molar refractivity (Wildman–Crippen MR) is 144 cm³/mol. The van der Waals surface area contributed by atoms with E-state index in [-0.39, 0.29) is 33.7 Å². The van der Waals surface area contributed by atoms with Crippen molar-refractivity contribution in [3.63, 3.8) is 0 Å². The highest BCUT2D eigenvalue weighted by Gasteiger charge is 2.83. The minimum atomic E-state index is -1.26. The van der Waals surface area contributed by atoms with E-state index in [1.165, 1.54) is 25.3 Å². The van der Waals surface area contributed by atoms with Crippen LogP contribution in [0.1, 0.15) is 107 Å². The zero-order chi connectivity index (χ0) is 27.8. The van der Waals surface area contributed by atoms with Crippen LogP contribution in [-0.2, 0) is 14.3 Å². The second kappa shape index (κ2) is 7.79. The van der Waals surface area contributed by atoms with Crippen LogP contribution in [0.4, 0.5) is 0 Å². The standard InChI is InChI=1S/C32H50O6/c1-17-15-19(26(28(5,6)36)37-18(2)33)38-24-23(17)29(7)13-14-32-16-31(32)12-11-22(34)27(3,4)20(31)9-10-21(32)30(29,8)25(24)35/h17,19-22,25-26,34-36H,9-16H2,1-8H3/t17-,19-,20+,21+,22+,25+,26-,29-,30-,31-,32?/m1/s1. The van der Waals surface area contributed by atoms with Crippen molar-refractivity contribution in [2.75, 3.05) is 0 Å². The van der Waals surface area contributed by atoms with Crippen LogP contribution >= 0.6 is 0 Å². The quantitative estimate of drug-likeness (QED) is 0.438. The highest BCUT2D eigenvalue weighted by molar-refractivity contribution is 5.66. The molecule has 1 unspecified atom stereocenters. The molecule has 0 amide bonds. The lowest BCUT2D eigenvalue weighted by Crippen LogP contribution is -2.59. The largest absolute Gasteiger partial charge is 0.488 e. The van der Waals surface area contributed by atoms with Gasteiger partial charge in [0.05, 0.1) is 11.7 Å². The van der Waals surface area contributed by atoms with Crippen molar-refractivity contribution in [2.45, 2.75) is 137 Å². The number of ether oxygens (including phenoxy) is 2. The van der Waals surface area contributed by atoms with Gasteiger partial charge in [0.15, 0.2) is 6.10 Å². The van der Waals surface area contributed by atoms with Crippen molar-refractivity contribution >= 4 is 5.97 Å². The highest BCUT2D eigenvalue weighted by Crippen LogP contribution is 2.89. The van der Waals surface area contributed by atoms with Crippen molar-refractivity contribution in [3.8, 4) is 0 Å².